The van der Waals surface area contributed by atoms with E-state index in [1.54, 1.807) is 24.3 Å². The molecule has 2 heterocycles. The number of sulfonamides is 1. The summed E-state index contributed by atoms with van der Waals surface area (Å²) in [6.07, 6.45) is 3.50. The highest BCUT2D eigenvalue weighted by atomic mass is 32.2. The van der Waals surface area contributed by atoms with E-state index in [4.69, 9.17) is 4.74 Å². The number of benzene rings is 2. The molecule has 2 N–H and O–H groups in total. The van der Waals surface area contributed by atoms with Crippen LogP contribution in [0, 0.1) is 0 Å². The zero-order chi connectivity index (χ0) is 19.6. The predicted octanol–water partition coefficient (Wildman–Crippen LogP) is 2.95. The maximum atomic E-state index is 12.6. The number of carbonyl (C=O) groups is 1. The standard InChI is InChI=1S/C19H16N4O4S/c24-18-9-6-13-10-16(7-8-17(13)22-18)28(25,26)23-14-11-20-19(21-12-14)27-15-4-2-1-3-5-15/h1-5,7-8,10-12,23H,6,9H2,(H,22,24). The number of aryl methyl sites for hydroxylation is 1. The van der Waals surface area contributed by atoms with Crippen LogP contribution in [-0.2, 0) is 21.2 Å². The number of anilines is 2. The van der Waals surface area contributed by atoms with Gasteiger partial charge in [-0.2, -0.15) is 0 Å². The Kier molecular flexibility index (Phi) is 4.66. The number of nitrogens with one attached hydrogen (secondary N) is 2. The fraction of sp³-hybridized carbons (Fsp3) is 0.105. The highest BCUT2D eigenvalue weighted by molar-refractivity contribution is 7.92. The van der Waals surface area contributed by atoms with Gasteiger partial charge in [-0.25, -0.2) is 18.4 Å². The summed E-state index contributed by atoms with van der Waals surface area (Å²) in [4.78, 5) is 19.6. The lowest BCUT2D eigenvalue weighted by molar-refractivity contribution is -0.116. The van der Waals surface area contributed by atoms with Crippen molar-refractivity contribution in [2.45, 2.75) is 17.7 Å². The van der Waals surface area contributed by atoms with Crippen molar-refractivity contribution in [1.29, 1.82) is 0 Å². The molecular weight excluding hydrogens is 380 g/mol. The fourth-order valence-corrected chi connectivity index (χ4v) is 3.83. The lowest BCUT2D eigenvalue weighted by Crippen LogP contribution is -2.20. The molecule has 8 nitrogen and oxygen atoms in total. The number of amides is 1. The maximum absolute atomic E-state index is 12.6. The molecule has 3 aromatic rings. The van der Waals surface area contributed by atoms with E-state index >= 15 is 0 Å². The summed E-state index contributed by atoms with van der Waals surface area (Å²) < 4.78 is 33.2. The van der Waals surface area contributed by atoms with E-state index in [2.05, 4.69) is 20.0 Å². The van der Waals surface area contributed by atoms with Gasteiger partial charge in [0.15, 0.2) is 0 Å². The van der Waals surface area contributed by atoms with E-state index in [-0.39, 0.29) is 22.5 Å². The first-order chi connectivity index (χ1) is 13.5. The quantitative estimate of drug-likeness (QED) is 0.686. The number of fused-ring (bicyclic) bond motifs is 1. The van der Waals surface area contributed by atoms with Gasteiger partial charge in [0.25, 0.3) is 10.0 Å². The summed E-state index contributed by atoms with van der Waals surface area (Å²) in [5, 5.41) is 2.73. The van der Waals surface area contributed by atoms with Crippen LogP contribution in [-0.4, -0.2) is 24.3 Å². The Morgan fingerprint density at radius 2 is 1.75 bits per heavy atom. The SMILES string of the molecule is O=C1CCc2cc(S(=O)(=O)Nc3cnc(Oc4ccccc4)nc3)ccc2N1. The van der Waals surface area contributed by atoms with Gasteiger partial charge in [0.05, 0.1) is 23.0 Å². The smallest absolute Gasteiger partial charge is 0.322 e. The van der Waals surface area contributed by atoms with Crippen LogP contribution < -0.4 is 14.8 Å². The second-order valence-corrected chi connectivity index (χ2v) is 7.82. The highest BCUT2D eigenvalue weighted by Gasteiger charge is 2.20. The van der Waals surface area contributed by atoms with Crippen LogP contribution in [0.4, 0.5) is 11.4 Å². The van der Waals surface area contributed by atoms with E-state index in [0.29, 0.717) is 24.3 Å². The third kappa shape index (κ3) is 3.94. The number of ether oxygens (including phenoxy) is 1. The summed E-state index contributed by atoms with van der Waals surface area (Å²) in [6, 6.07) is 13.7. The van der Waals surface area contributed by atoms with Crippen molar-refractivity contribution in [2.24, 2.45) is 0 Å². The van der Waals surface area contributed by atoms with E-state index < -0.39 is 10.0 Å². The molecule has 0 atom stereocenters. The monoisotopic (exact) mass is 396 g/mol. The van der Waals surface area contributed by atoms with Gasteiger partial charge in [0, 0.05) is 12.1 Å². The molecule has 1 aliphatic rings. The van der Waals surface area contributed by atoms with Gasteiger partial charge in [0.1, 0.15) is 5.75 Å². The van der Waals surface area contributed by atoms with Crippen molar-refractivity contribution in [3.63, 3.8) is 0 Å². The van der Waals surface area contributed by atoms with E-state index in [9.17, 15) is 13.2 Å². The average molecular weight is 396 g/mol. The minimum atomic E-state index is -3.82. The molecule has 0 bridgehead atoms. The average Bonchev–Trinajstić information content (AvgIpc) is 2.69. The molecule has 9 heteroatoms. The third-order valence-electron chi connectivity index (χ3n) is 4.12. The minimum Gasteiger partial charge on any atom is -0.424 e. The molecule has 0 spiro atoms. The third-order valence-corrected chi connectivity index (χ3v) is 5.49. The number of aromatic nitrogens is 2. The molecule has 0 saturated heterocycles. The second kappa shape index (κ2) is 7.28. The predicted molar refractivity (Wildman–Crippen MR) is 103 cm³/mol. The zero-order valence-electron chi connectivity index (χ0n) is 14.6. The molecule has 0 fully saturated rings. The molecule has 0 radical (unpaired) electrons. The summed E-state index contributed by atoms with van der Waals surface area (Å²) in [5.41, 5.74) is 1.64. The number of hydrogen-bond donors (Lipinski definition) is 2. The zero-order valence-corrected chi connectivity index (χ0v) is 15.4. The maximum Gasteiger partial charge on any atom is 0.322 e. The van der Waals surface area contributed by atoms with Gasteiger partial charge >= 0.3 is 6.01 Å². The van der Waals surface area contributed by atoms with Crippen LogP contribution in [0.3, 0.4) is 0 Å². The van der Waals surface area contributed by atoms with Crippen molar-refractivity contribution >= 4 is 27.3 Å². The first-order valence-corrected chi connectivity index (χ1v) is 9.98. The van der Waals surface area contributed by atoms with Crippen LogP contribution in [0.5, 0.6) is 11.8 Å². The van der Waals surface area contributed by atoms with E-state index in [1.165, 1.54) is 18.5 Å². The van der Waals surface area contributed by atoms with E-state index in [0.717, 1.165) is 5.56 Å². The number of para-hydroxylation sites is 1. The molecule has 2 aromatic carbocycles. The first kappa shape index (κ1) is 17.9. The molecular formula is C19H16N4O4S. The van der Waals surface area contributed by atoms with E-state index in [1.807, 2.05) is 18.2 Å². The van der Waals surface area contributed by atoms with Crippen molar-refractivity contribution in [1.82, 2.24) is 9.97 Å². The Morgan fingerprint density at radius 1 is 1.00 bits per heavy atom. The first-order valence-electron chi connectivity index (χ1n) is 8.50. The molecule has 1 aliphatic heterocycles. The van der Waals surface area contributed by atoms with Gasteiger partial charge in [-0.1, -0.05) is 18.2 Å². The van der Waals surface area contributed by atoms with Crippen LogP contribution in [0.15, 0.2) is 65.8 Å². The Morgan fingerprint density at radius 3 is 2.50 bits per heavy atom. The molecule has 0 unspecified atom stereocenters. The largest absolute Gasteiger partial charge is 0.424 e. The van der Waals surface area contributed by atoms with Crippen molar-refractivity contribution in [2.75, 3.05) is 10.0 Å². The molecule has 1 amide bonds. The number of hydrogen-bond acceptors (Lipinski definition) is 6. The fourth-order valence-electron chi connectivity index (χ4n) is 2.76. The van der Waals surface area contributed by atoms with Crippen molar-refractivity contribution < 1.29 is 17.9 Å². The van der Waals surface area contributed by atoms with Crippen molar-refractivity contribution in [3.05, 3.63) is 66.5 Å². The van der Waals surface area contributed by atoms with Crippen LogP contribution in [0.1, 0.15) is 12.0 Å². The Bertz CT molecular complexity index is 1120. The van der Waals surface area contributed by atoms with Crippen molar-refractivity contribution in [3.8, 4) is 11.8 Å². The van der Waals surface area contributed by atoms with Crippen LogP contribution in [0.2, 0.25) is 0 Å². The Labute approximate surface area is 161 Å². The number of rotatable bonds is 5. The molecule has 0 saturated carbocycles. The molecule has 0 aliphatic carbocycles. The summed E-state index contributed by atoms with van der Waals surface area (Å²) in [5.74, 6) is 0.508. The number of nitrogens with zero attached hydrogens (tertiary/aromatic N) is 2. The Balaban J connectivity index is 1.49. The van der Waals surface area contributed by atoms with Crippen LogP contribution in [0.25, 0.3) is 0 Å². The Hall–Kier alpha value is -3.46. The molecule has 142 valence electrons. The lowest BCUT2D eigenvalue weighted by atomic mass is 10.0. The molecule has 4 rings (SSSR count). The summed E-state index contributed by atoms with van der Waals surface area (Å²) in [6.45, 7) is 0. The topological polar surface area (TPSA) is 110 Å². The molecule has 1 aromatic heterocycles. The van der Waals surface area contributed by atoms with Gasteiger partial charge in [0.2, 0.25) is 5.91 Å². The summed E-state index contributed by atoms with van der Waals surface area (Å²) >= 11 is 0. The second-order valence-electron chi connectivity index (χ2n) is 6.14. The molecule has 28 heavy (non-hydrogen) atoms. The van der Waals surface area contributed by atoms with Crippen LogP contribution >= 0.6 is 0 Å². The lowest BCUT2D eigenvalue weighted by Gasteiger charge is -2.17. The van der Waals surface area contributed by atoms with Gasteiger partial charge in [-0.05, 0) is 42.3 Å². The highest BCUT2D eigenvalue weighted by Crippen LogP contribution is 2.26. The van der Waals surface area contributed by atoms with Gasteiger partial charge in [-0.3, -0.25) is 9.52 Å². The number of carbonyl (C=O) groups excluding carboxylic acids is 1. The normalized spacial score (nSPS) is 13.4. The van der Waals surface area contributed by atoms with Gasteiger partial charge in [-0.15, -0.1) is 0 Å². The van der Waals surface area contributed by atoms with Gasteiger partial charge < -0.3 is 10.1 Å². The minimum absolute atomic E-state index is 0.0730. The summed E-state index contributed by atoms with van der Waals surface area (Å²) in [7, 11) is -3.82.